The van der Waals surface area contributed by atoms with Crippen molar-refractivity contribution in [3.8, 4) is 0 Å². The van der Waals surface area contributed by atoms with Gasteiger partial charge in [-0.15, -0.1) is 0 Å². The summed E-state index contributed by atoms with van der Waals surface area (Å²) in [4.78, 5) is 26.2. The maximum absolute atomic E-state index is 13.3. The highest BCUT2D eigenvalue weighted by Crippen LogP contribution is 2.46. The summed E-state index contributed by atoms with van der Waals surface area (Å²) in [6.45, 7) is 0.504. The Bertz CT molecular complexity index is 597. The fourth-order valence-corrected chi connectivity index (χ4v) is 4.05. The van der Waals surface area contributed by atoms with E-state index in [1.54, 1.807) is 12.0 Å². The van der Waals surface area contributed by atoms with Crippen LogP contribution < -0.4 is 0 Å². The summed E-state index contributed by atoms with van der Waals surface area (Å²) in [7, 11) is 1.62. The van der Waals surface area contributed by atoms with Crippen molar-refractivity contribution in [3.63, 3.8) is 0 Å². The molecule has 1 N–H and O–H groups in total. The zero-order valence-corrected chi connectivity index (χ0v) is 14.1. The van der Waals surface area contributed by atoms with Crippen LogP contribution in [0.25, 0.3) is 0 Å². The monoisotopic (exact) mass is 331 g/mol. The highest BCUT2D eigenvalue weighted by atomic mass is 16.5. The minimum Gasteiger partial charge on any atom is -0.481 e. The van der Waals surface area contributed by atoms with Gasteiger partial charge in [-0.1, -0.05) is 36.8 Å². The fourth-order valence-electron chi connectivity index (χ4n) is 4.05. The van der Waals surface area contributed by atoms with Crippen LogP contribution in [-0.4, -0.2) is 47.7 Å². The van der Waals surface area contributed by atoms with Crippen LogP contribution in [0.2, 0.25) is 0 Å². The number of nitrogens with zero attached hydrogens (tertiary/aromatic N) is 1. The third-order valence-corrected chi connectivity index (χ3v) is 5.53. The van der Waals surface area contributed by atoms with Gasteiger partial charge in [0, 0.05) is 19.7 Å². The Morgan fingerprint density at radius 3 is 2.54 bits per heavy atom. The number of amides is 1. The molecule has 1 saturated carbocycles. The number of benzene rings is 1. The number of hydrogen-bond acceptors (Lipinski definition) is 3. The molecule has 1 aromatic carbocycles. The first-order valence-electron chi connectivity index (χ1n) is 8.64. The lowest BCUT2D eigenvalue weighted by Gasteiger charge is -2.44. The lowest BCUT2D eigenvalue weighted by atomic mass is 9.64. The van der Waals surface area contributed by atoms with E-state index in [0.29, 0.717) is 13.0 Å². The number of rotatable bonds is 6. The van der Waals surface area contributed by atoms with Crippen molar-refractivity contribution in [2.24, 2.45) is 5.41 Å². The summed E-state index contributed by atoms with van der Waals surface area (Å²) in [6.07, 6.45) is 4.10. The molecule has 0 aromatic heterocycles. The minimum atomic E-state index is -0.861. The van der Waals surface area contributed by atoms with Gasteiger partial charge in [0.2, 0.25) is 5.91 Å². The van der Waals surface area contributed by atoms with Crippen molar-refractivity contribution < 1.29 is 19.4 Å². The molecule has 2 aliphatic rings. The van der Waals surface area contributed by atoms with Gasteiger partial charge in [-0.3, -0.25) is 9.59 Å². The molecule has 2 unspecified atom stereocenters. The van der Waals surface area contributed by atoms with E-state index in [2.05, 4.69) is 12.1 Å². The maximum atomic E-state index is 13.3. The Morgan fingerprint density at radius 2 is 2.00 bits per heavy atom. The zero-order chi connectivity index (χ0) is 17.2. The van der Waals surface area contributed by atoms with Gasteiger partial charge in [0.25, 0.3) is 0 Å². The van der Waals surface area contributed by atoms with Gasteiger partial charge in [0.1, 0.15) is 0 Å². The molecule has 1 saturated heterocycles. The van der Waals surface area contributed by atoms with Gasteiger partial charge in [-0.25, -0.2) is 0 Å². The van der Waals surface area contributed by atoms with Crippen molar-refractivity contribution in [1.82, 2.24) is 4.90 Å². The highest BCUT2D eigenvalue weighted by Gasteiger charge is 2.49. The van der Waals surface area contributed by atoms with Crippen molar-refractivity contribution in [3.05, 3.63) is 35.9 Å². The van der Waals surface area contributed by atoms with E-state index in [1.165, 1.54) is 5.56 Å². The second kappa shape index (κ2) is 6.93. The number of methoxy groups -OCH3 is 1. The molecule has 1 aliphatic carbocycles. The van der Waals surface area contributed by atoms with Crippen molar-refractivity contribution >= 4 is 11.9 Å². The first kappa shape index (κ1) is 17.0. The van der Waals surface area contributed by atoms with Gasteiger partial charge in [0.05, 0.1) is 17.9 Å². The van der Waals surface area contributed by atoms with Gasteiger partial charge in [0.15, 0.2) is 0 Å². The van der Waals surface area contributed by atoms with Crippen molar-refractivity contribution in [2.45, 2.75) is 50.7 Å². The normalized spacial score (nSPS) is 25.3. The minimum absolute atomic E-state index is 0.00693. The molecule has 24 heavy (non-hydrogen) atoms. The topological polar surface area (TPSA) is 66.8 Å². The predicted molar refractivity (Wildman–Crippen MR) is 89.6 cm³/mol. The van der Waals surface area contributed by atoms with E-state index in [9.17, 15) is 9.59 Å². The molecule has 5 nitrogen and oxygen atoms in total. The number of hydrogen-bond donors (Lipinski definition) is 1. The SMILES string of the molecule is COC1CC(CC(=O)O)N(C(=O)C2(Cc3ccccc3)CCC2)C1. The summed E-state index contributed by atoms with van der Waals surface area (Å²) in [5, 5.41) is 9.16. The van der Waals surface area contributed by atoms with E-state index >= 15 is 0 Å². The standard InChI is InChI=1S/C19H25NO4/c1-24-16-10-15(11-17(21)22)20(13-16)18(23)19(8-5-9-19)12-14-6-3-2-4-7-14/h2-4,6-7,15-16H,5,8-13H2,1H3,(H,21,22). The summed E-state index contributed by atoms with van der Waals surface area (Å²) in [5.41, 5.74) is 0.809. The third kappa shape index (κ3) is 3.31. The fraction of sp³-hybridized carbons (Fsp3) is 0.579. The van der Waals surface area contributed by atoms with Gasteiger partial charge < -0.3 is 14.7 Å². The molecule has 2 fully saturated rings. The average Bonchev–Trinajstić information content (AvgIpc) is 2.93. The third-order valence-electron chi connectivity index (χ3n) is 5.53. The second-order valence-electron chi connectivity index (χ2n) is 7.10. The lowest BCUT2D eigenvalue weighted by molar-refractivity contribution is -0.150. The number of ether oxygens (including phenoxy) is 1. The van der Waals surface area contributed by atoms with Crippen LogP contribution in [0.4, 0.5) is 0 Å². The molecule has 0 bridgehead atoms. The summed E-state index contributed by atoms with van der Waals surface area (Å²) < 4.78 is 5.40. The molecule has 1 aliphatic heterocycles. The first-order chi connectivity index (χ1) is 11.5. The van der Waals surface area contributed by atoms with Crippen molar-refractivity contribution in [2.75, 3.05) is 13.7 Å². The Morgan fingerprint density at radius 1 is 1.29 bits per heavy atom. The first-order valence-corrected chi connectivity index (χ1v) is 8.64. The smallest absolute Gasteiger partial charge is 0.305 e. The summed E-state index contributed by atoms with van der Waals surface area (Å²) in [6, 6.07) is 9.83. The number of carboxylic acid groups (broad SMARTS) is 1. The van der Waals surface area contributed by atoms with Crippen LogP contribution in [0.15, 0.2) is 30.3 Å². The van der Waals surface area contributed by atoms with Crippen LogP contribution in [0.5, 0.6) is 0 Å². The van der Waals surface area contributed by atoms with Gasteiger partial charge in [-0.2, -0.15) is 0 Å². The molecule has 130 valence electrons. The van der Waals surface area contributed by atoms with Crippen LogP contribution in [0.1, 0.15) is 37.7 Å². The number of carboxylic acids is 1. The van der Waals surface area contributed by atoms with E-state index in [-0.39, 0.29) is 29.9 Å². The maximum Gasteiger partial charge on any atom is 0.305 e. The number of carbonyl (C=O) groups is 2. The summed E-state index contributed by atoms with van der Waals surface area (Å²) >= 11 is 0. The molecular formula is C19H25NO4. The van der Waals surface area contributed by atoms with E-state index in [4.69, 9.17) is 9.84 Å². The van der Waals surface area contributed by atoms with Gasteiger partial charge in [-0.05, 0) is 31.2 Å². The van der Waals surface area contributed by atoms with E-state index in [1.807, 2.05) is 18.2 Å². The molecular weight excluding hydrogens is 306 g/mol. The predicted octanol–water partition coefficient (Wildman–Crippen LogP) is 2.49. The van der Waals surface area contributed by atoms with Crippen LogP contribution in [-0.2, 0) is 20.7 Å². The number of carbonyl (C=O) groups excluding carboxylic acids is 1. The quantitative estimate of drug-likeness (QED) is 0.870. The lowest BCUT2D eigenvalue weighted by Crippen LogP contribution is -2.51. The Kier molecular flexibility index (Phi) is 4.90. The zero-order valence-electron chi connectivity index (χ0n) is 14.1. The van der Waals surface area contributed by atoms with E-state index in [0.717, 1.165) is 25.7 Å². The molecule has 5 heteroatoms. The molecule has 1 heterocycles. The molecule has 1 amide bonds. The molecule has 2 atom stereocenters. The second-order valence-corrected chi connectivity index (χ2v) is 7.10. The number of aliphatic carboxylic acids is 1. The van der Waals surface area contributed by atoms with E-state index < -0.39 is 5.97 Å². The Hall–Kier alpha value is -1.88. The molecule has 3 rings (SSSR count). The van der Waals surface area contributed by atoms with Crippen molar-refractivity contribution in [1.29, 1.82) is 0 Å². The Labute approximate surface area is 142 Å². The molecule has 0 spiro atoms. The molecule has 0 radical (unpaired) electrons. The van der Waals surface area contributed by atoms with Crippen LogP contribution >= 0.6 is 0 Å². The highest BCUT2D eigenvalue weighted by molar-refractivity contribution is 5.85. The largest absolute Gasteiger partial charge is 0.481 e. The number of likely N-dealkylation sites (tertiary alicyclic amines) is 1. The average molecular weight is 331 g/mol. The van der Waals surface area contributed by atoms with Crippen LogP contribution in [0, 0.1) is 5.41 Å². The van der Waals surface area contributed by atoms with Crippen LogP contribution in [0.3, 0.4) is 0 Å². The summed E-state index contributed by atoms with van der Waals surface area (Å²) in [5.74, 6) is -0.747. The Balaban J connectivity index is 1.78. The van der Waals surface area contributed by atoms with Gasteiger partial charge >= 0.3 is 5.97 Å². The molecule has 1 aromatic rings.